The number of hydrogen-bond donors (Lipinski definition) is 0. The summed E-state index contributed by atoms with van der Waals surface area (Å²) in [6.07, 6.45) is 3.02. The molecule has 0 saturated carbocycles. The first kappa shape index (κ1) is 24.8. The van der Waals surface area contributed by atoms with Crippen LogP contribution in [0.2, 0.25) is 5.02 Å². The summed E-state index contributed by atoms with van der Waals surface area (Å²) in [5.41, 5.74) is 0.0605. The van der Waals surface area contributed by atoms with Gasteiger partial charge in [0.05, 0.1) is 19.2 Å². The van der Waals surface area contributed by atoms with E-state index >= 15 is 0 Å². The highest BCUT2D eigenvalue weighted by Gasteiger charge is 2.21. The van der Waals surface area contributed by atoms with E-state index in [1.165, 1.54) is 25.2 Å². The van der Waals surface area contributed by atoms with Crippen LogP contribution in [0.4, 0.5) is 0 Å². The second-order valence-corrected chi connectivity index (χ2v) is 8.13. The van der Waals surface area contributed by atoms with Gasteiger partial charge >= 0.3 is 5.97 Å². The maximum atomic E-state index is 12.7. The molecular formula is C21H31ClN2O5. The number of methoxy groups -OCH3 is 2. The van der Waals surface area contributed by atoms with Gasteiger partial charge in [0, 0.05) is 19.2 Å². The highest BCUT2D eigenvalue weighted by Crippen LogP contribution is 2.36. The molecule has 0 N–H and O–H groups in total. The standard InChI is InChI=1S/C21H31ClN2O5/c1-21(2,3)29-19(26)14-24(11-10-23(4)5)18(25)9-8-15-12-16(22)20(28-7)17(13-15)27-6/h8-9,12-13H,10-11,14H2,1-7H3/b9-8+. The van der Waals surface area contributed by atoms with Gasteiger partial charge in [-0.25, -0.2) is 0 Å². The molecule has 0 aromatic heterocycles. The molecule has 29 heavy (non-hydrogen) atoms. The molecule has 0 spiro atoms. The molecule has 8 heteroatoms. The molecular weight excluding hydrogens is 396 g/mol. The molecule has 1 amide bonds. The Hall–Kier alpha value is -2.25. The van der Waals surface area contributed by atoms with Crippen molar-refractivity contribution in [3.63, 3.8) is 0 Å². The lowest BCUT2D eigenvalue weighted by Gasteiger charge is -2.25. The van der Waals surface area contributed by atoms with Crippen LogP contribution in [-0.2, 0) is 14.3 Å². The van der Waals surface area contributed by atoms with Crippen molar-refractivity contribution in [1.29, 1.82) is 0 Å². The van der Waals surface area contributed by atoms with Gasteiger partial charge in [-0.2, -0.15) is 0 Å². The first-order valence-electron chi connectivity index (χ1n) is 9.22. The maximum Gasteiger partial charge on any atom is 0.326 e. The highest BCUT2D eigenvalue weighted by molar-refractivity contribution is 6.32. The van der Waals surface area contributed by atoms with E-state index < -0.39 is 11.6 Å². The Labute approximate surface area is 178 Å². The van der Waals surface area contributed by atoms with E-state index in [1.807, 2.05) is 19.0 Å². The van der Waals surface area contributed by atoms with E-state index in [0.29, 0.717) is 35.2 Å². The number of halogens is 1. The SMILES string of the molecule is COc1cc(/C=C/C(=O)N(CCN(C)C)CC(=O)OC(C)(C)C)cc(Cl)c1OC. The van der Waals surface area contributed by atoms with Gasteiger partial charge in [0.1, 0.15) is 12.1 Å². The van der Waals surface area contributed by atoms with Gasteiger partial charge in [-0.15, -0.1) is 0 Å². The van der Waals surface area contributed by atoms with Crippen LogP contribution >= 0.6 is 11.6 Å². The molecule has 1 aromatic rings. The number of ether oxygens (including phenoxy) is 3. The second-order valence-electron chi connectivity index (χ2n) is 7.72. The van der Waals surface area contributed by atoms with Gasteiger partial charge in [0.25, 0.3) is 0 Å². The minimum Gasteiger partial charge on any atom is -0.493 e. The van der Waals surface area contributed by atoms with Crippen LogP contribution in [0.25, 0.3) is 6.08 Å². The molecule has 0 bridgehead atoms. The molecule has 0 unspecified atom stereocenters. The number of benzene rings is 1. The number of amides is 1. The molecule has 0 aliphatic carbocycles. The van der Waals surface area contributed by atoms with E-state index in [-0.39, 0.29) is 12.5 Å². The van der Waals surface area contributed by atoms with E-state index in [1.54, 1.807) is 39.0 Å². The minimum absolute atomic E-state index is 0.124. The maximum absolute atomic E-state index is 12.7. The number of nitrogens with zero attached hydrogens (tertiary/aromatic N) is 2. The lowest BCUT2D eigenvalue weighted by molar-refractivity contribution is -0.158. The Balaban J connectivity index is 2.98. The summed E-state index contributed by atoms with van der Waals surface area (Å²) in [5, 5.41) is 0.372. The fraction of sp³-hybridized carbons (Fsp3) is 0.524. The predicted octanol–water partition coefficient (Wildman–Crippen LogP) is 3.10. The van der Waals surface area contributed by atoms with Crippen molar-refractivity contribution in [2.75, 3.05) is 47.9 Å². The zero-order valence-electron chi connectivity index (χ0n) is 18.2. The summed E-state index contributed by atoms with van der Waals surface area (Å²) in [6.45, 7) is 6.25. The number of rotatable bonds is 9. The summed E-state index contributed by atoms with van der Waals surface area (Å²) in [4.78, 5) is 28.3. The normalized spacial score (nSPS) is 11.6. The Kier molecular flexibility index (Phi) is 9.46. The lowest BCUT2D eigenvalue weighted by atomic mass is 10.1. The van der Waals surface area contributed by atoms with Crippen LogP contribution in [-0.4, -0.2) is 75.2 Å². The summed E-state index contributed by atoms with van der Waals surface area (Å²) in [7, 11) is 6.81. The summed E-state index contributed by atoms with van der Waals surface area (Å²) < 4.78 is 15.8. The Bertz CT molecular complexity index is 741. The molecule has 0 aliphatic heterocycles. The molecule has 0 atom stereocenters. The molecule has 7 nitrogen and oxygen atoms in total. The first-order valence-corrected chi connectivity index (χ1v) is 9.59. The van der Waals surface area contributed by atoms with Gasteiger partial charge in [0.15, 0.2) is 11.5 Å². The van der Waals surface area contributed by atoms with Crippen molar-refractivity contribution >= 4 is 29.6 Å². The van der Waals surface area contributed by atoms with Crippen LogP contribution < -0.4 is 9.47 Å². The molecule has 1 rings (SSSR count). The number of likely N-dealkylation sites (N-methyl/N-ethyl adjacent to an activating group) is 1. The zero-order valence-corrected chi connectivity index (χ0v) is 19.0. The molecule has 0 aliphatic rings. The third-order valence-electron chi connectivity index (χ3n) is 3.74. The van der Waals surface area contributed by atoms with Crippen LogP contribution in [0.3, 0.4) is 0 Å². The fourth-order valence-corrected chi connectivity index (χ4v) is 2.72. The van der Waals surface area contributed by atoms with Gasteiger partial charge in [0.2, 0.25) is 5.91 Å². The minimum atomic E-state index is -0.612. The molecule has 0 radical (unpaired) electrons. The smallest absolute Gasteiger partial charge is 0.326 e. The van der Waals surface area contributed by atoms with Crippen molar-refractivity contribution in [1.82, 2.24) is 9.80 Å². The van der Waals surface area contributed by atoms with Crippen LogP contribution in [0.15, 0.2) is 18.2 Å². The summed E-state index contributed by atoms with van der Waals surface area (Å²) >= 11 is 6.21. The summed E-state index contributed by atoms with van der Waals surface area (Å²) in [6, 6.07) is 3.39. The number of carbonyl (C=O) groups excluding carboxylic acids is 2. The third kappa shape index (κ3) is 8.75. The number of hydrogen-bond acceptors (Lipinski definition) is 6. The Morgan fingerprint density at radius 2 is 1.76 bits per heavy atom. The average Bonchev–Trinajstić information content (AvgIpc) is 2.60. The Morgan fingerprint density at radius 3 is 2.28 bits per heavy atom. The number of esters is 1. The average molecular weight is 427 g/mol. The monoisotopic (exact) mass is 426 g/mol. The Morgan fingerprint density at radius 1 is 1.10 bits per heavy atom. The van der Waals surface area contributed by atoms with Gasteiger partial charge < -0.3 is 24.0 Å². The highest BCUT2D eigenvalue weighted by atomic mass is 35.5. The van der Waals surface area contributed by atoms with E-state index in [4.69, 9.17) is 25.8 Å². The fourth-order valence-electron chi connectivity index (χ4n) is 2.42. The van der Waals surface area contributed by atoms with Gasteiger partial charge in [-0.3, -0.25) is 9.59 Å². The summed E-state index contributed by atoms with van der Waals surface area (Å²) in [5.74, 6) is 0.135. The zero-order chi connectivity index (χ0) is 22.2. The van der Waals surface area contributed by atoms with E-state index in [0.717, 1.165) is 0 Å². The van der Waals surface area contributed by atoms with Crippen molar-refractivity contribution < 1.29 is 23.8 Å². The molecule has 0 heterocycles. The predicted molar refractivity (Wildman–Crippen MR) is 115 cm³/mol. The molecule has 162 valence electrons. The number of carbonyl (C=O) groups is 2. The van der Waals surface area contributed by atoms with Crippen molar-refractivity contribution in [2.45, 2.75) is 26.4 Å². The van der Waals surface area contributed by atoms with Crippen molar-refractivity contribution in [3.05, 3.63) is 28.8 Å². The molecule has 0 fully saturated rings. The van der Waals surface area contributed by atoms with Crippen LogP contribution in [0.1, 0.15) is 26.3 Å². The van der Waals surface area contributed by atoms with Gasteiger partial charge in [-0.05, 0) is 58.6 Å². The topological polar surface area (TPSA) is 68.3 Å². The third-order valence-corrected chi connectivity index (χ3v) is 4.02. The van der Waals surface area contributed by atoms with Crippen molar-refractivity contribution in [2.24, 2.45) is 0 Å². The van der Waals surface area contributed by atoms with Crippen molar-refractivity contribution in [3.8, 4) is 11.5 Å². The second kappa shape index (κ2) is 11.1. The molecule has 1 aromatic carbocycles. The first-order chi connectivity index (χ1) is 13.5. The molecule has 0 saturated heterocycles. The lowest BCUT2D eigenvalue weighted by Crippen LogP contribution is -2.41. The van der Waals surface area contributed by atoms with Crippen LogP contribution in [0, 0.1) is 0 Å². The van der Waals surface area contributed by atoms with Crippen LogP contribution in [0.5, 0.6) is 11.5 Å². The van der Waals surface area contributed by atoms with E-state index in [2.05, 4.69) is 0 Å². The largest absolute Gasteiger partial charge is 0.493 e. The van der Waals surface area contributed by atoms with Gasteiger partial charge in [-0.1, -0.05) is 11.6 Å². The quantitative estimate of drug-likeness (QED) is 0.446. The van der Waals surface area contributed by atoms with E-state index in [9.17, 15) is 9.59 Å².